The fraction of sp³-hybridized carbons (Fsp3) is 0.500. The summed E-state index contributed by atoms with van der Waals surface area (Å²) in [5, 5.41) is 9.60. The number of carboxylic acids is 1. The van der Waals surface area contributed by atoms with E-state index in [1.165, 1.54) is 57.8 Å². The molecule has 1 heterocycles. The summed E-state index contributed by atoms with van der Waals surface area (Å²) < 4.78 is 0. The van der Waals surface area contributed by atoms with Crippen LogP contribution in [0.5, 0.6) is 0 Å². The molecule has 1 saturated carbocycles. The Kier molecular flexibility index (Phi) is 7.44. The van der Waals surface area contributed by atoms with E-state index < -0.39 is 5.97 Å². The van der Waals surface area contributed by atoms with Crippen LogP contribution in [0.15, 0.2) is 42.5 Å². The zero-order chi connectivity index (χ0) is 18.9. The molecule has 1 N–H and O–H groups in total. The lowest BCUT2D eigenvalue weighted by Gasteiger charge is -2.19. The number of carbonyl (C=O) groups is 1. The van der Waals surface area contributed by atoms with Gasteiger partial charge in [-0.2, -0.15) is 0 Å². The number of aromatic carboxylic acids is 1. The second-order valence-electron chi connectivity index (χ2n) is 7.76. The van der Waals surface area contributed by atoms with E-state index in [9.17, 15) is 9.90 Å². The normalized spacial score (nSPS) is 17.6. The number of hydrogen-bond acceptors (Lipinski definition) is 2. The molecule has 0 bridgehead atoms. The van der Waals surface area contributed by atoms with Gasteiger partial charge >= 0.3 is 5.97 Å². The van der Waals surface area contributed by atoms with Crippen molar-refractivity contribution in [3.8, 4) is 11.3 Å². The Labute approximate surface area is 162 Å². The highest BCUT2D eigenvalue weighted by Gasteiger charge is 2.19. The quantitative estimate of drug-likeness (QED) is 0.648. The third kappa shape index (κ3) is 5.66. The van der Waals surface area contributed by atoms with E-state index in [2.05, 4.69) is 0 Å². The Balaban J connectivity index is 1.85. The van der Waals surface area contributed by atoms with Gasteiger partial charge in [0, 0.05) is 17.2 Å². The predicted molar refractivity (Wildman–Crippen MR) is 110 cm³/mol. The highest BCUT2D eigenvalue weighted by atomic mass is 16.4. The molecule has 1 aliphatic rings. The summed E-state index contributed by atoms with van der Waals surface area (Å²) in [6, 6.07) is 13.4. The maximum atomic E-state index is 11.7. The molecule has 0 spiro atoms. The number of carboxylic acid groups (broad SMARTS) is 1. The van der Waals surface area contributed by atoms with Crippen LogP contribution in [0.3, 0.4) is 0 Å². The van der Waals surface area contributed by atoms with Crippen LogP contribution in [0.4, 0.5) is 0 Å². The summed E-state index contributed by atoms with van der Waals surface area (Å²) in [6.07, 6.45) is 14.2. The SMILES string of the molecule is O=C(O)c1ccc(C2CCCCCCCCCCC2)nc1-c1ccccc1. The number of nitrogens with zero attached hydrogens (tertiary/aromatic N) is 1. The van der Waals surface area contributed by atoms with Crippen LogP contribution < -0.4 is 0 Å². The summed E-state index contributed by atoms with van der Waals surface area (Å²) in [5.74, 6) is -0.471. The minimum atomic E-state index is -0.911. The van der Waals surface area contributed by atoms with Crippen LogP contribution in [0.1, 0.15) is 92.6 Å². The minimum absolute atomic E-state index is 0.290. The largest absolute Gasteiger partial charge is 0.478 e. The predicted octanol–water partition coefficient (Wildman–Crippen LogP) is 6.84. The average Bonchev–Trinajstić information content (AvgIpc) is 2.68. The van der Waals surface area contributed by atoms with Gasteiger partial charge in [-0.3, -0.25) is 4.98 Å². The van der Waals surface area contributed by atoms with Crippen LogP contribution in [0.2, 0.25) is 0 Å². The van der Waals surface area contributed by atoms with Crippen molar-refractivity contribution in [1.82, 2.24) is 4.98 Å². The van der Waals surface area contributed by atoms with Gasteiger partial charge in [0.2, 0.25) is 0 Å². The second-order valence-corrected chi connectivity index (χ2v) is 7.76. The number of rotatable bonds is 3. The molecule has 0 radical (unpaired) electrons. The first kappa shape index (κ1) is 19.6. The first-order valence-electron chi connectivity index (χ1n) is 10.6. The Morgan fingerprint density at radius 2 is 1.33 bits per heavy atom. The lowest BCUT2D eigenvalue weighted by Crippen LogP contribution is -2.08. The lowest BCUT2D eigenvalue weighted by molar-refractivity contribution is 0.0697. The molecule has 3 rings (SSSR count). The molecule has 0 aliphatic heterocycles. The third-order valence-corrected chi connectivity index (χ3v) is 5.72. The zero-order valence-corrected chi connectivity index (χ0v) is 16.2. The molecule has 2 aromatic rings. The topological polar surface area (TPSA) is 50.2 Å². The van der Waals surface area contributed by atoms with Crippen molar-refractivity contribution < 1.29 is 9.90 Å². The Hall–Kier alpha value is -2.16. The summed E-state index contributed by atoms with van der Waals surface area (Å²) >= 11 is 0. The standard InChI is InChI=1S/C24H31NO2/c26-24(27)21-17-18-22(25-23(21)20-15-11-8-12-16-20)19-13-9-6-4-2-1-3-5-7-10-14-19/h8,11-12,15-19H,1-7,9-10,13-14H2,(H,26,27). The summed E-state index contributed by atoms with van der Waals surface area (Å²) in [6.45, 7) is 0. The van der Waals surface area contributed by atoms with Gasteiger partial charge in [0.25, 0.3) is 0 Å². The molecule has 1 fully saturated rings. The number of pyridine rings is 1. The van der Waals surface area contributed by atoms with Crippen molar-refractivity contribution in [3.63, 3.8) is 0 Å². The van der Waals surface area contributed by atoms with Crippen molar-refractivity contribution in [2.24, 2.45) is 0 Å². The second kappa shape index (κ2) is 10.2. The fourth-order valence-electron chi connectivity index (χ4n) is 4.15. The zero-order valence-electron chi connectivity index (χ0n) is 16.2. The molecule has 3 heteroatoms. The monoisotopic (exact) mass is 365 g/mol. The van der Waals surface area contributed by atoms with E-state index in [4.69, 9.17) is 4.98 Å². The van der Waals surface area contributed by atoms with Crippen molar-refractivity contribution in [2.45, 2.75) is 76.5 Å². The van der Waals surface area contributed by atoms with E-state index in [1.54, 1.807) is 6.07 Å². The van der Waals surface area contributed by atoms with Crippen LogP contribution in [0.25, 0.3) is 11.3 Å². The molecule has 1 aromatic heterocycles. The summed E-state index contributed by atoms with van der Waals surface area (Å²) in [5.41, 5.74) is 2.84. The molecule has 3 nitrogen and oxygen atoms in total. The maximum absolute atomic E-state index is 11.7. The van der Waals surface area contributed by atoms with Crippen LogP contribution in [-0.4, -0.2) is 16.1 Å². The summed E-state index contributed by atoms with van der Waals surface area (Å²) in [4.78, 5) is 16.6. The molecule has 0 atom stereocenters. The van der Waals surface area contributed by atoms with Gasteiger partial charge in [-0.25, -0.2) is 4.79 Å². The van der Waals surface area contributed by atoms with E-state index in [0.29, 0.717) is 11.6 Å². The first-order chi connectivity index (χ1) is 13.3. The summed E-state index contributed by atoms with van der Waals surface area (Å²) in [7, 11) is 0. The molecule has 1 aliphatic carbocycles. The highest BCUT2D eigenvalue weighted by Crippen LogP contribution is 2.31. The van der Waals surface area contributed by atoms with Crippen LogP contribution in [-0.2, 0) is 0 Å². The minimum Gasteiger partial charge on any atom is -0.478 e. The number of benzene rings is 1. The lowest BCUT2D eigenvalue weighted by atomic mass is 9.89. The Bertz CT molecular complexity index is 714. The van der Waals surface area contributed by atoms with E-state index in [0.717, 1.165) is 24.1 Å². The van der Waals surface area contributed by atoms with Gasteiger partial charge in [0.15, 0.2) is 0 Å². The van der Waals surface area contributed by atoms with Crippen molar-refractivity contribution in [1.29, 1.82) is 0 Å². The first-order valence-corrected chi connectivity index (χ1v) is 10.6. The molecule has 0 amide bonds. The van der Waals surface area contributed by atoms with Gasteiger partial charge in [0.05, 0.1) is 11.3 Å². The van der Waals surface area contributed by atoms with E-state index >= 15 is 0 Å². The van der Waals surface area contributed by atoms with Gasteiger partial charge in [-0.1, -0.05) is 88.1 Å². The molecule has 0 unspecified atom stereocenters. The van der Waals surface area contributed by atoms with E-state index in [-0.39, 0.29) is 5.56 Å². The fourth-order valence-corrected chi connectivity index (χ4v) is 4.15. The van der Waals surface area contributed by atoms with Gasteiger partial charge in [0.1, 0.15) is 0 Å². The molecule has 144 valence electrons. The third-order valence-electron chi connectivity index (χ3n) is 5.72. The smallest absolute Gasteiger partial charge is 0.337 e. The molecule has 0 saturated heterocycles. The van der Waals surface area contributed by atoms with Crippen LogP contribution >= 0.6 is 0 Å². The van der Waals surface area contributed by atoms with Gasteiger partial charge < -0.3 is 5.11 Å². The number of aromatic nitrogens is 1. The molecule has 27 heavy (non-hydrogen) atoms. The van der Waals surface area contributed by atoms with Crippen LogP contribution in [0, 0.1) is 0 Å². The van der Waals surface area contributed by atoms with Crippen molar-refractivity contribution in [3.05, 3.63) is 53.7 Å². The Morgan fingerprint density at radius 3 is 1.89 bits per heavy atom. The van der Waals surface area contributed by atoms with E-state index in [1.807, 2.05) is 36.4 Å². The van der Waals surface area contributed by atoms with Crippen molar-refractivity contribution >= 4 is 5.97 Å². The average molecular weight is 366 g/mol. The van der Waals surface area contributed by atoms with Crippen molar-refractivity contribution in [2.75, 3.05) is 0 Å². The van der Waals surface area contributed by atoms with Gasteiger partial charge in [-0.05, 0) is 25.0 Å². The number of hydrogen-bond donors (Lipinski definition) is 1. The Morgan fingerprint density at radius 1 is 0.778 bits per heavy atom. The maximum Gasteiger partial charge on any atom is 0.337 e. The molecular weight excluding hydrogens is 334 g/mol. The van der Waals surface area contributed by atoms with Gasteiger partial charge in [-0.15, -0.1) is 0 Å². The molecule has 1 aromatic carbocycles. The highest BCUT2D eigenvalue weighted by molar-refractivity contribution is 5.94. The molecular formula is C24H31NO2.